The molecule has 1 atom stereocenters. The van der Waals surface area contributed by atoms with Crippen LogP contribution in [-0.2, 0) is 0 Å². The highest BCUT2D eigenvalue weighted by molar-refractivity contribution is 4.84. The molecule has 0 aliphatic rings. The van der Waals surface area contributed by atoms with Crippen LogP contribution >= 0.6 is 0 Å². The van der Waals surface area contributed by atoms with Crippen molar-refractivity contribution in [3.8, 4) is 0 Å². The van der Waals surface area contributed by atoms with Gasteiger partial charge < -0.3 is 5.11 Å². The summed E-state index contributed by atoms with van der Waals surface area (Å²) in [5.41, 5.74) is 0.505. The Morgan fingerprint density at radius 2 is 1.22 bits per heavy atom. The molecule has 0 spiro atoms. The van der Waals surface area contributed by atoms with Gasteiger partial charge >= 0.3 is 0 Å². The lowest BCUT2D eigenvalue weighted by molar-refractivity contribution is 0.0908. The zero-order valence-electron chi connectivity index (χ0n) is 13.3. The van der Waals surface area contributed by atoms with E-state index in [1.54, 1.807) is 0 Å². The molecule has 0 amide bonds. The summed E-state index contributed by atoms with van der Waals surface area (Å²) in [4.78, 5) is 0. The zero-order valence-corrected chi connectivity index (χ0v) is 13.3. The lowest BCUT2D eigenvalue weighted by Crippen LogP contribution is -2.30. The van der Waals surface area contributed by atoms with E-state index in [4.69, 9.17) is 0 Å². The number of hydrogen-bond donors (Lipinski definition) is 1. The minimum Gasteiger partial charge on any atom is -0.396 e. The van der Waals surface area contributed by atoms with Gasteiger partial charge in [0.2, 0.25) is 0 Å². The summed E-state index contributed by atoms with van der Waals surface area (Å²) in [5, 5.41) is 9.28. The van der Waals surface area contributed by atoms with Crippen molar-refractivity contribution in [2.24, 2.45) is 11.3 Å². The molecule has 0 aliphatic heterocycles. The fourth-order valence-corrected chi connectivity index (χ4v) is 3.20. The van der Waals surface area contributed by atoms with Gasteiger partial charge in [-0.3, -0.25) is 0 Å². The van der Waals surface area contributed by atoms with Crippen molar-refractivity contribution >= 4 is 0 Å². The van der Waals surface area contributed by atoms with Crippen molar-refractivity contribution in [3.05, 3.63) is 0 Å². The first-order valence-electron chi connectivity index (χ1n) is 8.27. The number of unbranched alkanes of at least 4 members (excludes halogenated alkanes) is 3. The van der Waals surface area contributed by atoms with E-state index in [9.17, 15) is 5.11 Å². The van der Waals surface area contributed by atoms with Crippen LogP contribution in [0.15, 0.2) is 0 Å². The summed E-state index contributed by atoms with van der Waals surface area (Å²) in [6.07, 6.45) is 13.0. The average Bonchev–Trinajstić information content (AvgIpc) is 2.38. The highest BCUT2D eigenvalue weighted by atomic mass is 16.3. The molecule has 1 nitrogen and oxygen atoms in total. The van der Waals surface area contributed by atoms with E-state index in [1.165, 1.54) is 57.8 Å². The Bertz CT molecular complexity index is 155. The Morgan fingerprint density at radius 1 is 0.833 bits per heavy atom. The maximum absolute atomic E-state index is 9.28. The Balaban J connectivity index is 4.72. The number of hydrogen-bond acceptors (Lipinski definition) is 1. The molecule has 110 valence electrons. The van der Waals surface area contributed by atoms with Gasteiger partial charge in [0.05, 0.1) is 0 Å². The van der Waals surface area contributed by atoms with Crippen molar-refractivity contribution in [1.82, 2.24) is 0 Å². The molecule has 1 unspecified atom stereocenters. The van der Waals surface area contributed by atoms with Crippen molar-refractivity contribution < 1.29 is 5.11 Å². The average molecular weight is 256 g/mol. The second-order valence-corrected chi connectivity index (χ2v) is 6.09. The van der Waals surface area contributed by atoms with Crippen molar-refractivity contribution in [1.29, 1.82) is 0 Å². The van der Waals surface area contributed by atoms with Gasteiger partial charge in [-0.25, -0.2) is 0 Å². The molecule has 0 aromatic heterocycles. The Hall–Kier alpha value is -0.0400. The lowest BCUT2D eigenvalue weighted by atomic mass is 9.65. The predicted octanol–water partition coefficient (Wildman–Crippen LogP) is 5.56. The lowest BCUT2D eigenvalue weighted by Gasteiger charge is -2.40. The fourth-order valence-electron chi connectivity index (χ4n) is 3.20. The third kappa shape index (κ3) is 6.22. The molecule has 1 heteroatoms. The molecule has 0 heterocycles. The molecule has 0 saturated carbocycles. The normalized spacial score (nSPS) is 13.8. The second kappa shape index (κ2) is 10.8. The van der Waals surface area contributed by atoms with E-state index in [1.807, 2.05) is 0 Å². The number of aliphatic hydroxyl groups excluding tert-OH is 1. The number of rotatable bonds is 12. The van der Waals surface area contributed by atoms with Crippen molar-refractivity contribution in [3.63, 3.8) is 0 Å². The summed E-state index contributed by atoms with van der Waals surface area (Å²) >= 11 is 0. The Kier molecular flexibility index (Phi) is 10.8. The van der Waals surface area contributed by atoms with Gasteiger partial charge in [0.1, 0.15) is 0 Å². The largest absolute Gasteiger partial charge is 0.396 e. The van der Waals surface area contributed by atoms with E-state index >= 15 is 0 Å². The van der Waals surface area contributed by atoms with E-state index in [-0.39, 0.29) is 0 Å². The van der Waals surface area contributed by atoms with Crippen LogP contribution < -0.4 is 0 Å². The molecule has 0 aromatic rings. The highest BCUT2D eigenvalue weighted by Crippen LogP contribution is 2.44. The summed E-state index contributed by atoms with van der Waals surface area (Å²) in [6.45, 7) is 9.60. The molecular weight excluding hydrogens is 220 g/mol. The third-order valence-corrected chi connectivity index (χ3v) is 4.69. The van der Waals surface area contributed by atoms with Gasteiger partial charge in [-0.05, 0) is 37.0 Å². The topological polar surface area (TPSA) is 20.2 Å². The maximum Gasteiger partial charge on any atom is 0.0433 e. The SMILES string of the molecule is CCCCC(CCCC)(CCCC)C(C)CCO. The molecule has 0 fully saturated rings. The molecule has 0 rings (SSSR count). The third-order valence-electron chi connectivity index (χ3n) is 4.69. The van der Waals surface area contributed by atoms with Crippen LogP contribution in [0.5, 0.6) is 0 Å². The minimum absolute atomic E-state index is 0.354. The van der Waals surface area contributed by atoms with E-state index in [2.05, 4.69) is 27.7 Å². The molecule has 0 saturated heterocycles. The zero-order chi connectivity index (χ0) is 13.9. The maximum atomic E-state index is 9.28. The van der Waals surface area contributed by atoms with E-state index < -0.39 is 0 Å². The van der Waals surface area contributed by atoms with E-state index in [0.717, 1.165) is 6.42 Å². The van der Waals surface area contributed by atoms with Gasteiger partial charge in [0.25, 0.3) is 0 Å². The van der Waals surface area contributed by atoms with Gasteiger partial charge in [0, 0.05) is 6.61 Å². The van der Waals surface area contributed by atoms with Gasteiger partial charge in [-0.15, -0.1) is 0 Å². The second-order valence-electron chi connectivity index (χ2n) is 6.09. The Labute approximate surface area is 115 Å². The fraction of sp³-hybridized carbons (Fsp3) is 1.00. The molecule has 1 N–H and O–H groups in total. The molecule has 0 bridgehead atoms. The predicted molar refractivity (Wildman–Crippen MR) is 81.9 cm³/mol. The van der Waals surface area contributed by atoms with Gasteiger partial charge in [-0.2, -0.15) is 0 Å². The van der Waals surface area contributed by atoms with Crippen LogP contribution in [0.25, 0.3) is 0 Å². The molecule has 0 aromatic carbocycles. The quantitative estimate of drug-likeness (QED) is 0.484. The van der Waals surface area contributed by atoms with Crippen LogP contribution in [0.4, 0.5) is 0 Å². The Morgan fingerprint density at radius 3 is 1.50 bits per heavy atom. The van der Waals surface area contributed by atoms with Crippen molar-refractivity contribution in [2.75, 3.05) is 6.61 Å². The molecule has 18 heavy (non-hydrogen) atoms. The van der Waals surface area contributed by atoms with E-state index in [0.29, 0.717) is 17.9 Å². The summed E-state index contributed by atoms with van der Waals surface area (Å²) in [7, 11) is 0. The highest BCUT2D eigenvalue weighted by Gasteiger charge is 2.33. The monoisotopic (exact) mass is 256 g/mol. The molecule has 0 radical (unpaired) electrons. The van der Waals surface area contributed by atoms with Gasteiger partial charge in [-0.1, -0.05) is 66.2 Å². The smallest absolute Gasteiger partial charge is 0.0433 e. The summed E-state index contributed by atoms with van der Waals surface area (Å²) in [6, 6.07) is 0. The molecular formula is C17H36O. The summed E-state index contributed by atoms with van der Waals surface area (Å²) in [5.74, 6) is 0.673. The molecule has 0 aliphatic carbocycles. The van der Waals surface area contributed by atoms with Crippen LogP contribution in [-0.4, -0.2) is 11.7 Å². The first-order chi connectivity index (χ1) is 8.66. The van der Waals surface area contributed by atoms with Gasteiger partial charge in [0.15, 0.2) is 0 Å². The first-order valence-corrected chi connectivity index (χ1v) is 8.27. The van der Waals surface area contributed by atoms with Crippen LogP contribution in [0.3, 0.4) is 0 Å². The van der Waals surface area contributed by atoms with Crippen LogP contribution in [0.2, 0.25) is 0 Å². The summed E-state index contributed by atoms with van der Waals surface area (Å²) < 4.78 is 0. The van der Waals surface area contributed by atoms with Crippen LogP contribution in [0, 0.1) is 11.3 Å². The van der Waals surface area contributed by atoms with Crippen molar-refractivity contribution in [2.45, 2.75) is 91.9 Å². The standard InChI is InChI=1S/C17H36O/c1-5-8-12-17(13-9-6-2,14-10-7-3)16(4)11-15-18/h16,18H,5-15H2,1-4H3. The first kappa shape index (κ1) is 18.0. The van der Waals surface area contributed by atoms with Crippen LogP contribution in [0.1, 0.15) is 91.9 Å². The number of aliphatic hydroxyl groups is 1. The minimum atomic E-state index is 0.354.